The van der Waals surface area contributed by atoms with Crippen LogP contribution in [-0.2, 0) is 0 Å². The van der Waals surface area contributed by atoms with Gasteiger partial charge < -0.3 is 5.11 Å². The first-order valence-electron chi connectivity index (χ1n) is 4.40. The van der Waals surface area contributed by atoms with Gasteiger partial charge in [-0.05, 0) is 32.1 Å². The lowest BCUT2D eigenvalue weighted by Crippen LogP contribution is -2.26. The van der Waals surface area contributed by atoms with Crippen LogP contribution in [0, 0.1) is 5.92 Å². The molecular formula is C10H18O. The Morgan fingerprint density at radius 2 is 2.27 bits per heavy atom. The van der Waals surface area contributed by atoms with Crippen LogP contribution in [0.1, 0.15) is 40.0 Å². The van der Waals surface area contributed by atoms with Crippen LogP contribution in [0.2, 0.25) is 0 Å². The smallest absolute Gasteiger partial charge is 0.0721 e. The van der Waals surface area contributed by atoms with Crippen molar-refractivity contribution in [1.82, 2.24) is 0 Å². The predicted octanol–water partition coefficient (Wildman–Crippen LogP) is 2.50. The van der Waals surface area contributed by atoms with Crippen molar-refractivity contribution in [2.75, 3.05) is 0 Å². The summed E-state index contributed by atoms with van der Waals surface area (Å²) in [5, 5.41) is 9.98. The van der Waals surface area contributed by atoms with E-state index in [4.69, 9.17) is 0 Å². The minimum absolute atomic E-state index is 0.405. The summed E-state index contributed by atoms with van der Waals surface area (Å²) in [5.74, 6) is 0.597. The molecular weight excluding hydrogens is 136 g/mol. The van der Waals surface area contributed by atoms with Gasteiger partial charge in [-0.25, -0.2) is 0 Å². The molecule has 0 aromatic rings. The van der Waals surface area contributed by atoms with Crippen molar-refractivity contribution < 1.29 is 5.11 Å². The molecule has 0 bridgehead atoms. The van der Waals surface area contributed by atoms with Crippen molar-refractivity contribution in [1.29, 1.82) is 0 Å². The van der Waals surface area contributed by atoms with E-state index in [2.05, 4.69) is 26.8 Å². The summed E-state index contributed by atoms with van der Waals surface area (Å²) in [7, 11) is 0. The normalized spacial score (nSPS) is 31.2. The van der Waals surface area contributed by atoms with Crippen LogP contribution in [0.5, 0.6) is 0 Å². The third-order valence-corrected chi connectivity index (χ3v) is 2.23. The molecule has 0 aromatic carbocycles. The molecule has 64 valence electrons. The monoisotopic (exact) mass is 154 g/mol. The van der Waals surface area contributed by atoms with E-state index in [-0.39, 0.29) is 0 Å². The number of aliphatic hydroxyl groups is 1. The van der Waals surface area contributed by atoms with Gasteiger partial charge in [0, 0.05) is 0 Å². The Bertz CT molecular complexity index is 170. The molecule has 1 rings (SSSR count). The van der Waals surface area contributed by atoms with Crippen molar-refractivity contribution in [3.63, 3.8) is 0 Å². The van der Waals surface area contributed by atoms with Crippen LogP contribution >= 0.6 is 0 Å². The molecule has 1 unspecified atom stereocenters. The third-order valence-electron chi connectivity index (χ3n) is 2.23. The molecule has 0 aliphatic heterocycles. The second-order valence-electron chi connectivity index (χ2n) is 4.25. The Morgan fingerprint density at radius 3 is 2.64 bits per heavy atom. The molecule has 0 saturated carbocycles. The second-order valence-corrected chi connectivity index (χ2v) is 4.25. The molecule has 0 amide bonds. The highest BCUT2D eigenvalue weighted by Gasteiger charge is 2.30. The third kappa shape index (κ3) is 2.33. The van der Waals surface area contributed by atoms with Crippen molar-refractivity contribution in [2.45, 2.75) is 45.6 Å². The fraction of sp³-hybridized carbons (Fsp3) is 0.800. The molecule has 0 radical (unpaired) electrons. The molecule has 1 heteroatoms. The van der Waals surface area contributed by atoms with Gasteiger partial charge in [0.1, 0.15) is 0 Å². The van der Waals surface area contributed by atoms with E-state index >= 15 is 0 Å². The molecule has 1 aliphatic rings. The Balaban J connectivity index is 2.46. The summed E-state index contributed by atoms with van der Waals surface area (Å²) in [6.45, 7) is 6.41. The van der Waals surface area contributed by atoms with E-state index < -0.39 is 5.60 Å². The van der Waals surface area contributed by atoms with E-state index in [0.717, 1.165) is 19.3 Å². The maximum absolute atomic E-state index is 9.98. The number of hydrogen-bond acceptors (Lipinski definition) is 1. The van der Waals surface area contributed by atoms with E-state index in [0.29, 0.717) is 5.92 Å². The molecule has 1 N–H and O–H groups in total. The Labute approximate surface area is 69.1 Å². The topological polar surface area (TPSA) is 20.2 Å². The van der Waals surface area contributed by atoms with Crippen LogP contribution in [-0.4, -0.2) is 10.7 Å². The fourth-order valence-electron chi connectivity index (χ4n) is 1.94. The van der Waals surface area contributed by atoms with Gasteiger partial charge in [0.25, 0.3) is 0 Å². The zero-order chi connectivity index (χ0) is 8.48. The van der Waals surface area contributed by atoms with Crippen LogP contribution in [0.4, 0.5) is 0 Å². The van der Waals surface area contributed by atoms with Gasteiger partial charge in [0.2, 0.25) is 0 Å². The van der Waals surface area contributed by atoms with Crippen LogP contribution in [0.25, 0.3) is 0 Å². The van der Waals surface area contributed by atoms with Crippen LogP contribution in [0.3, 0.4) is 0 Å². The van der Waals surface area contributed by atoms with Crippen molar-refractivity contribution in [3.8, 4) is 0 Å². The van der Waals surface area contributed by atoms with E-state index in [1.165, 1.54) is 5.57 Å². The summed E-state index contributed by atoms with van der Waals surface area (Å²) >= 11 is 0. The van der Waals surface area contributed by atoms with Crippen LogP contribution in [0.15, 0.2) is 11.6 Å². The first-order valence-corrected chi connectivity index (χ1v) is 4.40. The van der Waals surface area contributed by atoms with Gasteiger partial charge in [-0.2, -0.15) is 0 Å². The van der Waals surface area contributed by atoms with Crippen molar-refractivity contribution in [3.05, 3.63) is 11.6 Å². The second kappa shape index (κ2) is 2.98. The standard InChI is InChI=1S/C10H18O/c1-8(2)6-10(11)5-4-9(3)7-10/h4,8,11H,5-7H2,1-3H3. The van der Waals surface area contributed by atoms with E-state index in [1.807, 2.05) is 0 Å². The minimum atomic E-state index is -0.405. The lowest BCUT2D eigenvalue weighted by atomic mass is 9.89. The highest BCUT2D eigenvalue weighted by molar-refractivity contribution is 5.13. The largest absolute Gasteiger partial charge is 0.389 e. The molecule has 1 nitrogen and oxygen atoms in total. The van der Waals surface area contributed by atoms with Crippen molar-refractivity contribution >= 4 is 0 Å². The van der Waals surface area contributed by atoms with E-state index in [1.54, 1.807) is 0 Å². The summed E-state index contributed by atoms with van der Waals surface area (Å²) in [5.41, 5.74) is 0.936. The molecule has 0 heterocycles. The summed E-state index contributed by atoms with van der Waals surface area (Å²) < 4.78 is 0. The van der Waals surface area contributed by atoms with Gasteiger partial charge in [-0.3, -0.25) is 0 Å². The molecule has 0 spiro atoms. The SMILES string of the molecule is CC1=CCC(O)(CC(C)C)C1. The molecule has 1 atom stereocenters. The molecule has 0 fully saturated rings. The Kier molecular flexibility index (Phi) is 2.38. The summed E-state index contributed by atoms with van der Waals surface area (Å²) in [6.07, 6.45) is 4.82. The van der Waals surface area contributed by atoms with Crippen LogP contribution < -0.4 is 0 Å². The first-order chi connectivity index (χ1) is 5.02. The first kappa shape index (κ1) is 8.79. The Hall–Kier alpha value is -0.300. The quantitative estimate of drug-likeness (QED) is 0.606. The average molecular weight is 154 g/mol. The maximum atomic E-state index is 9.98. The lowest BCUT2D eigenvalue weighted by molar-refractivity contribution is 0.0311. The van der Waals surface area contributed by atoms with Gasteiger partial charge in [-0.1, -0.05) is 25.5 Å². The average Bonchev–Trinajstić information content (AvgIpc) is 2.08. The van der Waals surface area contributed by atoms with E-state index in [9.17, 15) is 5.11 Å². The highest BCUT2D eigenvalue weighted by Crippen LogP contribution is 2.33. The maximum Gasteiger partial charge on any atom is 0.0721 e. The zero-order valence-electron chi connectivity index (χ0n) is 7.72. The molecule has 0 saturated heterocycles. The number of rotatable bonds is 2. The van der Waals surface area contributed by atoms with Gasteiger partial charge >= 0.3 is 0 Å². The molecule has 0 aromatic heterocycles. The summed E-state index contributed by atoms with van der Waals surface area (Å²) in [6, 6.07) is 0. The number of hydrogen-bond donors (Lipinski definition) is 1. The van der Waals surface area contributed by atoms with Gasteiger partial charge in [-0.15, -0.1) is 0 Å². The molecule has 11 heavy (non-hydrogen) atoms. The lowest BCUT2D eigenvalue weighted by Gasteiger charge is -2.24. The predicted molar refractivity (Wildman–Crippen MR) is 47.4 cm³/mol. The zero-order valence-corrected chi connectivity index (χ0v) is 7.72. The minimum Gasteiger partial charge on any atom is -0.389 e. The van der Waals surface area contributed by atoms with Gasteiger partial charge in [0.05, 0.1) is 5.60 Å². The van der Waals surface area contributed by atoms with Gasteiger partial charge in [0.15, 0.2) is 0 Å². The molecule has 1 aliphatic carbocycles. The highest BCUT2D eigenvalue weighted by atomic mass is 16.3. The Morgan fingerprint density at radius 1 is 1.64 bits per heavy atom. The van der Waals surface area contributed by atoms with Crippen molar-refractivity contribution in [2.24, 2.45) is 5.92 Å². The summed E-state index contributed by atoms with van der Waals surface area (Å²) in [4.78, 5) is 0. The fourth-order valence-corrected chi connectivity index (χ4v) is 1.94.